The van der Waals surface area contributed by atoms with E-state index in [9.17, 15) is 10.2 Å². The summed E-state index contributed by atoms with van der Waals surface area (Å²) in [5.41, 5.74) is 0. The van der Waals surface area contributed by atoms with Crippen LogP contribution in [0.3, 0.4) is 0 Å². The van der Waals surface area contributed by atoms with Gasteiger partial charge in [-0.25, -0.2) is 0 Å². The van der Waals surface area contributed by atoms with Gasteiger partial charge >= 0.3 is 0 Å². The van der Waals surface area contributed by atoms with Gasteiger partial charge in [-0.05, 0) is 12.8 Å². The Balaban J connectivity index is 1.90. The molecule has 6 atom stereocenters. The second-order valence-electron chi connectivity index (χ2n) is 4.96. The van der Waals surface area contributed by atoms with Gasteiger partial charge in [0, 0.05) is 12.8 Å². The number of ether oxygens (including phenoxy) is 2. The summed E-state index contributed by atoms with van der Waals surface area (Å²) in [5, 5.41) is 19.6. The van der Waals surface area contributed by atoms with E-state index in [2.05, 4.69) is 6.58 Å². The summed E-state index contributed by atoms with van der Waals surface area (Å²) in [6.45, 7) is 5.66. The summed E-state index contributed by atoms with van der Waals surface area (Å²) in [6, 6.07) is 0. The number of hydrogen-bond donors (Lipinski definition) is 2. The third-order valence-electron chi connectivity index (χ3n) is 3.72. The normalized spacial score (nSPS) is 46.3. The Kier molecular flexibility index (Phi) is 4.20. The van der Waals surface area contributed by atoms with E-state index in [1.807, 2.05) is 6.92 Å². The third-order valence-corrected chi connectivity index (χ3v) is 3.72. The lowest BCUT2D eigenvalue weighted by Gasteiger charge is -2.19. The second-order valence-corrected chi connectivity index (χ2v) is 4.96. The van der Waals surface area contributed by atoms with Gasteiger partial charge in [0.1, 0.15) is 0 Å². The van der Waals surface area contributed by atoms with Gasteiger partial charge in [-0.2, -0.15) is 0 Å². The molecule has 0 aliphatic carbocycles. The molecule has 0 bridgehead atoms. The minimum atomic E-state index is -0.445. The monoisotopic (exact) mass is 242 g/mol. The van der Waals surface area contributed by atoms with E-state index in [-0.39, 0.29) is 24.4 Å². The fraction of sp³-hybridized carbons (Fsp3) is 0.846. The van der Waals surface area contributed by atoms with Crippen LogP contribution in [0.2, 0.25) is 0 Å². The standard InChI is InChI=1S/C13H22O4/c1-3-5-11-9(15)7-13(17-11)12-6-8(14)10(4-2)16-12/h3,8-15H,1,4-7H2,2H3/t8-,9-,10-,11+,12-,13+/m1/s1. The Hall–Kier alpha value is -0.420. The minimum Gasteiger partial charge on any atom is -0.390 e. The highest BCUT2D eigenvalue weighted by atomic mass is 16.6. The molecule has 2 rings (SSSR count). The number of rotatable bonds is 4. The van der Waals surface area contributed by atoms with Crippen LogP contribution in [0, 0.1) is 0 Å². The summed E-state index contributed by atoms with van der Waals surface area (Å²) in [4.78, 5) is 0. The van der Waals surface area contributed by atoms with Crippen LogP contribution in [0.25, 0.3) is 0 Å². The minimum absolute atomic E-state index is 0.0839. The molecule has 0 unspecified atom stereocenters. The van der Waals surface area contributed by atoms with Crippen molar-refractivity contribution in [2.45, 2.75) is 69.2 Å². The van der Waals surface area contributed by atoms with Gasteiger partial charge in [0.25, 0.3) is 0 Å². The molecule has 4 heteroatoms. The first-order valence-corrected chi connectivity index (χ1v) is 6.43. The highest BCUT2D eigenvalue weighted by molar-refractivity contribution is 4.94. The molecule has 2 saturated heterocycles. The molecule has 0 amide bonds. The van der Waals surface area contributed by atoms with Crippen molar-refractivity contribution in [3.05, 3.63) is 12.7 Å². The first-order chi connectivity index (χ1) is 8.15. The van der Waals surface area contributed by atoms with Crippen molar-refractivity contribution in [3.8, 4) is 0 Å². The van der Waals surface area contributed by atoms with Crippen LogP contribution in [0.15, 0.2) is 12.7 Å². The van der Waals surface area contributed by atoms with E-state index in [4.69, 9.17) is 9.47 Å². The van der Waals surface area contributed by atoms with Crippen molar-refractivity contribution in [1.29, 1.82) is 0 Å². The zero-order chi connectivity index (χ0) is 12.4. The molecule has 4 nitrogen and oxygen atoms in total. The molecule has 2 heterocycles. The Morgan fingerprint density at radius 3 is 2.12 bits per heavy atom. The SMILES string of the molecule is C=CC[C@@H]1O[C@H]([C@H]2C[C@@H](O)[C@@H](CC)O2)C[C@H]1O. The molecule has 0 aromatic rings. The molecule has 2 fully saturated rings. The van der Waals surface area contributed by atoms with E-state index < -0.39 is 12.2 Å². The molecule has 2 N–H and O–H groups in total. The third kappa shape index (κ3) is 2.71. The van der Waals surface area contributed by atoms with E-state index >= 15 is 0 Å². The predicted octanol–water partition coefficient (Wildman–Crippen LogP) is 1.01. The van der Waals surface area contributed by atoms with Crippen LogP contribution in [0.1, 0.15) is 32.6 Å². The van der Waals surface area contributed by atoms with Gasteiger partial charge in [0.15, 0.2) is 0 Å². The fourth-order valence-electron chi connectivity index (χ4n) is 2.75. The maximum atomic E-state index is 9.85. The first kappa shape index (κ1) is 13.0. The molecule has 0 saturated carbocycles. The van der Waals surface area contributed by atoms with Crippen molar-refractivity contribution in [3.63, 3.8) is 0 Å². The average molecular weight is 242 g/mol. The summed E-state index contributed by atoms with van der Waals surface area (Å²) in [5.74, 6) is 0. The highest BCUT2D eigenvalue weighted by Crippen LogP contribution is 2.33. The van der Waals surface area contributed by atoms with Crippen molar-refractivity contribution < 1.29 is 19.7 Å². The largest absolute Gasteiger partial charge is 0.390 e. The maximum Gasteiger partial charge on any atom is 0.0874 e. The fourth-order valence-corrected chi connectivity index (χ4v) is 2.75. The molecule has 0 aromatic heterocycles. The number of aliphatic hydroxyl groups is 2. The molecule has 0 aromatic carbocycles. The number of hydrogen-bond acceptors (Lipinski definition) is 4. The van der Waals surface area contributed by atoms with Gasteiger partial charge in [-0.15, -0.1) is 6.58 Å². The average Bonchev–Trinajstić information content (AvgIpc) is 2.84. The van der Waals surface area contributed by atoms with Crippen molar-refractivity contribution in [2.75, 3.05) is 0 Å². The molecule has 98 valence electrons. The molecular formula is C13H22O4. The lowest BCUT2D eigenvalue weighted by atomic mass is 10.0. The molecule has 2 aliphatic rings. The van der Waals surface area contributed by atoms with E-state index in [0.717, 1.165) is 6.42 Å². The summed E-state index contributed by atoms with van der Waals surface area (Å²) in [6.07, 6.45) is 3.15. The summed E-state index contributed by atoms with van der Waals surface area (Å²) >= 11 is 0. The Morgan fingerprint density at radius 2 is 1.65 bits per heavy atom. The summed E-state index contributed by atoms with van der Waals surface area (Å²) in [7, 11) is 0. The molecule has 2 aliphatic heterocycles. The molecule has 0 spiro atoms. The number of aliphatic hydroxyl groups excluding tert-OH is 2. The predicted molar refractivity (Wildman–Crippen MR) is 63.7 cm³/mol. The second kappa shape index (κ2) is 5.48. The highest BCUT2D eigenvalue weighted by Gasteiger charge is 2.43. The van der Waals surface area contributed by atoms with Crippen LogP contribution in [0.5, 0.6) is 0 Å². The van der Waals surface area contributed by atoms with Gasteiger partial charge < -0.3 is 19.7 Å². The van der Waals surface area contributed by atoms with Crippen LogP contribution in [-0.4, -0.2) is 46.8 Å². The molecular weight excluding hydrogens is 220 g/mol. The molecule has 17 heavy (non-hydrogen) atoms. The van der Waals surface area contributed by atoms with Crippen molar-refractivity contribution in [2.24, 2.45) is 0 Å². The Labute approximate surface area is 102 Å². The topological polar surface area (TPSA) is 58.9 Å². The lowest BCUT2D eigenvalue weighted by Crippen LogP contribution is -2.26. The van der Waals surface area contributed by atoms with Crippen molar-refractivity contribution >= 4 is 0 Å². The van der Waals surface area contributed by atoms with Crippen LogP contribution in [0.4, 0.5) is 0 Å². The first-order valence-electron chi connectivity index (χ1n) is 6.43. The Bertz CT molecular complexity index is 268. The Morgan fingerprint density at radius 1 is 1.12 bits per heavy atom. The van der Waals surface area contributed by atoms with Crippen LogP contribution >= 0.6 is 0 Å². The smallest absolute Gasteiger partial charge is 0.0874 e. The van der Waals surface area contributed by atoms with Gasteiger partial charge in [0.05, 0.1) is 36.6 Å². The van der Waals surface area contributed by atoms with E-state index in [1.165, 1.54) is 0 Å². The summed E-state index contributed by atoms with van der Waals surface area (Å²) < 4.78 is 11.6. The lowest BCUT2D eigenvalue weighted by molar-refractivity contribution is -0.0732. The van der Waals surface area contributed by atoms with Crippen LogP contribution < -0.4 is 0 Å². The van der Waals surface area contributed by atoms with Crippen molar-refractivity contribution in [1.82, 2.24) is 0 Å². The van der Waals surface area contributed by atoms with Gasteiger partial charge in [0.2, 0.25) is 0 Å². The zero-order valence-electron chi connectivity index (χ0n) is 10.3. The van der Waals surface area contributed by atoms with Gasteiger partial charge in [-0.1, -0.05) is 13.0 Å². The quantitative estimate of drug-likeness (QED) is 0.722. The maximum absolute atomic E-state index is 9.85. The van der Waals surface area contributed by atoms with Crippen LogP contribution in [-0.2, 0) is 9.47 Å². The zero-order valence-corrected chi connectivity index (χ0v) is 10.3. The van der Waals surface area contributed by atoms with E-state index in [1.54, 1.807) is 6.08 Å². The van der Waals surface area contributed by atoms with Gasteiger partial charge in [-0.3, -0.25) is 0 Å². The van der Waals surface area contributed by atoms with E-state index in [0.29, 0.717) is 19.3 Å². The molecule has 0 radical (unpaired) electrons.